The van der Waals surface area contributed by atoms with Crippen LogP contribution < -0.4 is 0 Å². The minimum absolute atomic E-state index is 0.0689. The number of hydrogen-bond donors (Lipinski definition) is 0. The molecule has 1 unspecified atom stereocenters. The van der Waals surface area contributed by atoms with E-state index in [0.29, 0.717) is 23.9 Å². The third kappa shape index (κ3) is 3.06. The fraction of sp³-hybridized carbons (Fsp3) is 0.375. The fourth-order valence-electron chi connectivity index (χ4n) is 2.76. The fourth-order valence-corrected chi connectivity index (χ4v) is 4.10. The van der Waals surface area contributed by atoms with Gasteiger partial charge in [-0.1, -0.05) is 6.07 Å². The Morgan fingerprint density at radius 2 is 2.13 bits per heavy atom. The molecule has 1 atom stereocenters. The van der Waals surface area contributed by atoms with Gasteiger partial charge in [-0.25, -0.2) is 12.8 Å². The average Bonchev–Trinajstić information content (AvgIpc) is 2.65. The molecule has 1 saturated heterocycles. The minimum atomic E-state index is -3.18. The summed E-state index contributed by atoms with van der Waals surface area (Å²) in [5.74, 6) is -0.956. The molecule has 0 spiro atoms. The van der Waals surface area contributed by atoms with Crippen molar-refractivity contribution in [3.63, 3.8) is 0 Å². The Morgan fingerprint density at radius 3 is 2.91 bits per heavy atom. The van der Waals surface area contributed by atoms with Crippen molar-refractivity contribution in [3.8, 4) is 0 Å². The standard InChI is InChI=1S/C16H17FN2O3S/c1-11-4-6-19(7-8-23(11,21)22)16(20)14-10-13(17)9-12-3-2-5-18-15(12)14/h2-3,5,9-11H,4,6-8H2,1H3. The summed E-state index contributed by atoms with van der Waals surface area (Å²) in [5.41, 5.74) is 0.603. The van der Waals surface area contributed by atoms with Gasteiger partial charge >= 0.3 is 0 Å². The molecule has 2 heterocycles. The van der Waals surface area contributed by atoms with Crippen LogP contribution in [-0.2, 0) is 9.84 Å². The summed E-state index contributed by atoms with van der Waals surface area (Å²) in [7, 11) is -3.18. The molecule has 1 aliphatic heterocycles. The first-order chi connectivity index (χ1) is 10.9. The molecule has 0 bridgehead atoms. The van der Waals surface area contributed by atoms with Crippen LogP contribution in [0, 0.1) is 5.82 Å². The van der Waals surface area contributed by atoms with Gasteiger partial charge in [0.25, 0.3) is 5.91 Å². The van der Waals surface area contributed by atoms with E-state index < -0.39 is 20.9 Å². The molecule has 0 N–H and O–H groups in total. The summed E-state index contributed by atoms with van der Waals surface area (Å²) in [5, 5.41) is 0.0781. The number of amides is 1. The summed E-state index contributed by atoms with van der Waals surface area (Å²) in [6.07, 6.45) is 1.93. The normalized spacial score (nSPS) is 21.1. The maximum absolute atomic E-state index is 13.8. The van der Waals surface area contributed by atoms with E-state index in [-0.39, 0.29) is 23.8 Å². The van der Waals surface area contributed by atoms with E-state index in [1.807, 2.05) is 0 Å². The lowest BCUT2D eigenvalue weighted by Gasteiger charge is -2.20. The third-order valence-electron chi connectivity index (χ3n) is 4.25. The molecule has 0 saturated carbocycles. The van der Waals surface area contributed by atoms with Gasteiger partial charge in [0.1, 0.15) is 5.82 Å². The Hall–Kier alpha value is -2.02. The minimum Gasteiger partial charge on any atom is -0.338 e. The molecule has 1 amide bonds. The first-order valence-electron chi connectivity index (χ1n) is 7.43. The molecule has 1 aliphatic rings. The molecule has 7 heteroatoms. The van der Waals surface area contributed by atoms with Crippen LogP contribution in [0.4, 0.5) is 4.39 Å². The van der Waals surface area contributed by atoms with Gasteiger partial charge < -0.3 is 4.90 Å². The first kappa shape index (κ1) is 15.9. The second-order valence-corrected chi connectivity index (χ2v) is 8.33. The van der Waals surface area contributed by atoms with Gasteiger partial charge in [-0.3, -0.25) is 9.78 Å². The molecule has 1 fully saturated rings. The Bertz CT molecular complexity index is 867. The molecular formula is C16H17FN2O3S. The molecule has 0 radical (unpaired) electrons. The van der Waals surface area contributed by atoms with Crippen molar-refractivity contribution in [3.05, 3.63) is 41.8 Å². The highest BCUT2D eigenvalue weighted by atomic mass is 32.2. The Labute approximate surface area is 134 Å². The molecule has 5 nitrogen and oxygen atoms in total. The molecule has 1 aromatic carbocycles. The summed E-state index contributed by atoms with van der Waals surface area (Å²) >= 11 is 0. The van der Waals surface area contributed by atoms with Crippen molar-refractivity contribution in [1.29, 1.82) is 0 Å². The molecule has 1 aromatic heterocycles. The second kappa shape index (κ2) is 5.88. The van der Waals surface area contributed by atoms with Crippen molar-refractivity contribution in [2.24, 2.45) is 0 Å². The Balaban J connectivity index is 1.98. The lowest BCUT2D eigenvalue weighted by Crippen LogP contribution is -2.33. The smallest absolute Gasteiger partial charge is 0.256 e. The highest BCUT2D eigenvalue weighted by Crippen LogP contribution is 2.22. The Morgan fingerprint density at radius 1 is 1.35 bits per heavy atom. The number of aromatic nitrogens is 1. The lowest BCUT2D eigenvalue weighted by molar-refractivity contribution is 0.0768. The predicted octanol–water partition coefficient (Wildman–Crippen LogP) is 2.02. The number of carbonyl (C=O) groups is 1. The number of fused-ring (bicyclic) bond motifs is 1. The third-order valence-corrected chi connectivity index (χ3v) is 6.47. The number of nitrogens with zero attached hydrogens (tertiary/aromatic N) is 2. The Kier molecular flexibility index (Phi) is 4.06. The summed E-state index contributed by atoms with van der Waals surface area (Å²) in [6.45, 7) is 2.11. The predicted molar refractivity (Wildman–Crippen MR) is 85.5 cm³/mol. The van der Waals surface area contributed by atoms with Crippen molar-refractivity contribution in [1.82, 2.24) is 9.88 Å². The van der Waals surface area contributed by atoms with E-state index >= 15 is 0 Å². The van der Waals surface area contributed by atoms with Crippen molar-refractivity contribution < 1.29 is 17.6 Å². The van der Waals surface area contributed by atoms with Crippen LogP contribution >= 0.6 is 0 Å². The highest BCUT2D eigenvalue weighted by Gasteiger charge is 2.29. The number of benzene rings is 1. The number of sulfone groups is 1. The molecule has 0 aliphatic carbocycles. The van der Waals surface area contributed by atoms with Gasteiger partial charge in [-0.15, -0.1) is 0 Å². The zero-order valence-corrected chi connectivity index (χ0v) is 13.5. The van der Waals surface area contributed by atoms with Crippen LogP contribution in [0.15, 0.2) is 30.5 Å². The maximum atomic E-state index is 13.8. The van der Waals surface area contributed by atoms with E-state index in [2.05, 4.69) is 4.98 Å². The largest absolute Gasteiger partial charge is 0.338 e. The van der Waals surface area contributed by atoms with Crippen molar-refractivity contribution in [2.45, 2.75) is 18.6 Å². The van der Waals surface area contributed by atoms with Gasteiger partial charge in [0.15, 0.2) is 9.84 Å². The monoisotopic (exact) mass is 336 g/mol. The number of hydrogen-bond acceptors (Lipinski definition) is 4. The quantitative estimate of drug-likeness (QED) is 0.799. The van der Waals surface area contributed by atoms with Crippen LogP contribution in [0.3, 0.4) is 0 Å². The van der Waals surface area contributed by atoms with Crippen molar-refractivity contribution >= 4 is 26.6 Å². The summed E-state index contributed by atoms with van der Waals surface area (Å²) in [4.78, 5) is 18.4. The van der Waals surface area contributed by atoms with Crippen LogP contribution in [0.25, 0.3) is 10.9 Å². The second-order valence-electron chi connectivity index (χ2n) is 5.79. The molecule has 122 valence electrons. The molecule has 2 aromatic rings. The highest BCUT2D eigenvalue weighted by molar-refractivity contribution is 7.92. The molecule has 3 rings (SSSR count). The molecular weight excluding hydrogens is 319 g/mol. The van der Waals surface area contributed by atoms with Gasteiger partial charge in [0.2, 0.25) is 0 Å². The lowest BCUT2D eigenvalue weighted by atomic mass is 10.1. The topological polar surface area (TPSA) is 67.3 Å². The van der Waals surface area contributed by atoms with Gasteiger partial charge in [0, 0.05) is 24.7 Å². The van der Waals surface area contributed by atoms with Crippen LogP contribution in [0.2, 0.25) is 0 Å². The maximum Gasteiger partial charge on any atom is 0.256 e. The first-order valence-corrected chi connectivity index (χ1v) is 9.15. The SMILES string of the molecule is CC1CCN(C(=O)c2cc(F)cc3cccnc23)CCS1(=O)=O. The number of carbonyl (C=O) groups excluding carboxylic acids is 1. The van der Waals surface area contributed by atoms with E-state index in [9.17, 15) is 17.6 Å². The van der Waals surface area contributed by atoms with Crippen LogP contribution in [-0.4, -0.2) is 48.3 Å². The zero-order valence-electron chi connectivity index (χ0n) is 12.7. The summed E-state index contributed by atoms with van der Waals surface area (Å²) in [6, 6.07) is 5.86. The zero-order chi connectivity index (χ0) is 16.6. The van der Waals surface area contributed by atoms with Gasteiger partial charge in [-0.05, 0) is 31.5 Å². The van der Waals surface area contributed by atoms with E-state index in [4.69, 9.17) is 0 Å². The number of halogens is 1. The number of rotatable bonds is 1. The van der Waals surface area contributed by atoms with E-state index in [1.54, 1.807) is 25.3 Å². The van der Waals surface area contributed by atoms with Crippen molar-refractivity contribution in [2.75, 3.05) is 18.8 Å². The van der Waals surface area contributed by atoms with E-state index in [1.165, 1.54) is 17.0 Å². The molecule has 23 heavy (non-hydrogen) atoms. The van der Waals surface area contributed by atoms with Crippen LogP contribution in [0.1, 0.15) is 23.7 Å². The van der Waals surface area contributed by atoms with E-state index in [0.717, 1.165) is 0 Å². The van der Waals surface area contributed by atoms with Gasteiger partial charge in [0.05, 0.1) is 22.1 Å². The summed E-state index contributed by atoms with van der Waals surface area (Å²) < 4.78 is 37.7. The average molecular weight is 336 g/mol. The number of pyridine rings is 1. The van der Waals surface area contributed by atoms with Gasteiger partial charge in [-0.2, -0.15) is 0 Å². The van der Waals surface area contributed by atoms with Crippen LogP contribution in [0.5, 0.6) is 0 Å².